The molecule has 1 saturated heterocycles. The predicted octanol–water partition coefficient (Wildman–Crippen LogP) is 0.554. The Morgan fingerprint density at radius 1 is 1.40 bits per heavy atom. The summed E-state index contributed by atoms with van der Waals surface area (Å²) in [6.07, 6.45) is 1.40. The van der Waals surface area contributed by atoms with E-state index in [2.05, 4.69) is 20.6 Å². The average Bonchev–Trinajstić information content (AvgIpc) is 2.69. The summed E-state index contributed by atoms with van der Waals surface area (Å²) in [5.41, 5.74) is 0.399. The van der Waals surface area contributed by atoms with Gasteiger partial charge in [0, 0.05) is 19.1 Å². The number of nitrogens with one attached hydrogen (secondary N) is 2. The van der Waals surface area contributed by atoms with Gasteiger partial charge in [0.25, 0.3) is 0 Å². The van der Waals surface area contributed by atoms with Gasteiger partial charge < -0.3 is 10.6 Å². The molecule has 1 aromatic heterocycles. The van der Waals surface area contributed by atoms with Gasteiger partial charge in [-0.25, -0.2) is 14.4 Å². The van der Waals surface area contributed by atoms with E-state index in [4.69, 9.17) is 0 Å². The molecule has 1 saturated carbocycles. The molecule has 0 spiro atoms. The molecule has 2 unspecified atom stereocenters. The van der Waals surface area contributed by atoms with E-state index in [-0.39, 0.29) is 5.82 Å². The Kier molecular flexibility index (Phi) is 1.88. The Morgan fingerprint density at radius 3 is 2.87 bits per heavy atom. The Bertz CT molecular complexity index is 385. The van der Waals surface area contributed by atoms with Gasteiger partial charge in [-0.05, 0) is 18.8 Å². The molecule has 0 aromatic carbocycles. The smallest absolute Gasteiger partial charge is 0.186 e. The molecule has 2 N–H and O–H groups in total. The Morgan fingerprint density at radius 2 is 2.13 bits per heavy atom. The molecule has 1 aliphatic carbocycles. The van der Waals surface area contributed by atoms with Crippen molar-refractivity contribution in [2.45, 2.75) is 13.0 Å². The summed E-state index contributed by atoms with van der Waals surface area (Å²) in [5.74, 6) is 1.33. The van der Waals surface area contributed by atoms with Crippen molar-refractivity contribution in [3.8, 4) is 0 Å². The summed E-state index contributed by atoms with van der Waals surface area (Å²) in [7, 11) is 0. The highest BCUT2D eigenvalue weighted by atomic mass is 19.1. The molecule has 0 amide bonds. The fourth-order valence-electron chi connectivity index (χ4n) is 2.35. The molecular weight excluding hydrogens is 195 g/mol. The van der Waals surface area contributed by atoms with Crippen molar-refractivity contribution in [3.63, 3.8) is 0 Å². The third-order valence-corrected chi connectivity index (χ3v) is 3.36. The maximum absolute atomic E-state index is 13.6. The van der Waals surface area contributed by atoms with Crippen LogP contribution in [0.2, 0.25) is 0 Å². The maximum atomic E-state index is 13.6. The second-order valence-electron chi connectivity index (χ2n) is 4.28. The number of halogens is 1. The van der Waals surface area contributed by atoms with Crippen molar-refractivity contribution in [1.29, 1.82) is 0 Å². The van der Waals surface area contributed by atoms with Gasteiger partial charge in [-0.1, -0.05) is 0 Å². The molecule has 2 atom stereocenters. The second kappa shape index (κ2) is 3.13. The van der Waals surface area contributed by atoms with Gasteiger partial charge in [0.15, 0.2) is 11.6 Å². The third kappa shape index (κ3) is 1.38. The minimum atomic E-state index is -0.324. The molecule has 1 aliphatic heterocycles. The first-order valence-corrected chi connectivity index (χ1v) is 5.21. The molecule has 3 rings (SSSR count). The van der Waals surface area contributed by atoms with Crippen LogP contribution in [0, 0.1) is 24.6 Å². The van der Waals surface area contributed by atoms with Crippen LogP contribution in [0.3, 0.4) is 0 Å². The quantitative estimate of drug-likeness (QED) is 0.745. The highest BCUT2D eigenvalue weighted by molar-refractivity contribution is 5.41. The number of anilines is 1. The van der Waals surface area contributed by atoms with E-state index >= 15 is 0 Å². The molecular formula is C10H13FN4. The number of fused-ring (bicyclic) bond motifs is 1. The van der Waals surface area contributed by atoms with Crippen molar-refractivity contribution >= 4 is 5.82 Å². The third-order valence-electron chi connectivity index (χ3n) is 3.36. The van der Waals surface area contributed by atoms with Crippen LogP contribution in [-0.2, 0) is 0 Å². The summed E-state index contributed by atoms with van der Waals surface area (Å²) in [6.45, 7) is 3.72. The van der Waals surface area contributed by atoms with Crippen LogP contribution in [0.1, 0.15) is 5.69 Å². The lowest BCUT2D eigenvalue weighted by atomic mass is 10.3. The maximum Gasteiger partial charge on any atom is 0.186 e. The molecule has 2 heterocycles. The van der Waals surface area contributed by atoms with Crippen LogP contribution < -0.4 is 10.6 Å². The van der Waals surface area contributed by atoms with E-state index < -0.39 is 0 Å². The summed E-state index contributed by atoms with van der Waals surface area (Å²) >= 11 is 0. The number of piperidine rings is 1. The zero-order valence-corrected chi connectivity index (χ0v) is 8.50. The van der Waals surface area contributed by atoms with Crippen molar-refractivity contribution in [2.75, 3.05) is 18.4 Å². The second-order valence-corrected chi connectivity index (χ2v) is 4.28. The molecule has 80 valence electrons. The SMILES string of the molecule is Cc1ncnc(NC2C3CNCC32)c1F. The van der Waals surface area contributed by atoms with E-state index in [9.17, 15) is 4.39 Å². The normalized spacial score (nSPS) is 32.5. The number of hydrogen-bond donors (Lipinski definition) is 2. The van der Waals surface area contributed by atoms with Gasteiger partial charge in [0.05, 0.1) is 5.69 Å². The van der Waals surface area contributed by atoms with E-state index in [1.807, 2.05) is 0 Å². The van der Waals surface area contributed by atoms with Crippen LogP contribution >= 0.6 is 0 Å². The first kappa shape index (κ1) is 9.03. The molecule has 2 fully saturated rings. The fourth-order valence-corrected chi connectivity index (χ4v) is 2.35. The van der Waals surface area contributed by atoms with E-state index in [0.29, 0.717) is 29.4 Å². The topological polar surface area (TPSA) is 49.8 Å². The summed E-state index contributed by atoms with van der Waals surface area (Å²) < 4.78 is 13.6. The molecule has 0 bridgehead atoms. The Hall–Kier alpha value is -1.23. The van der Waals surface area contributed by atoms with E-state index in [0.717, 1.165) is 13.1 Å². The van der Waals surface area contributed by atoms with Crippen LogP contribution in [0.15, 0.2) is 6.33 Å². The van der Waals surface area contributed by atoms with Crippen molar-refractivity contribution in [2.24, 2.45) is 11.8 Å². The van der Waals surface area contributed by atoms with Crippen LogP contribution in [0.25, 0.3) is 0 Å². The molecule has 0 radical (unpaired) electrons. The number of nitrogens with zero attached hydrogens (tertiary/aromatic N) is 2. The number of aromatic nitrogens is 2. The summed E-state index contributed by atoms with van der Waals surface area (Å²) in [6, 6.07) is 0.398. The molecule has 5 heteroatoms. The Labute approximate surface area is 87.3 Å². The summed E-state index contributed by atoms with van der Waals surface area (Å²) in [5, 5.41) is 6.46. The molecule has 2 aliphatic rings. The van der Waals surface area contributed by atoms with Crippen molar-refractivity contribution < 1.29 is 4.39 Å². The first-order chi connectivity index (χ1) is 7.27. The van der Waals surface area contributed by atoms with Crippen LogP contribution in [-0.4, -0.2) is 29.1 Å². The predicted molar refractivity (Wildman–Crippen MR) is 54.0 cm³/mol. The highest BCUT2D eigenvalue weighted by Crippen LogP contribution is 2.43. The standard InChI is InChI=1S/C10H13FN4/c1-5-8(11)10(14-4-13-5)15-9-6-2-12-3-7(6)9/h4,6-7,9,12H,2-3H2,1H3,(H,13,14,15). The van der Waals surface area contributed by atoms with E-state index in [1.54, 1.807) is 6.92 Å². The lowest BCUT2D eigenvalue weighted by Crippen LogP contribution is -2.22. The fraction of sp³-hybridized carbons (Fsp3) is 0.600. The van der Waals surface area contributed by atoms with Crippen molar-refractivity contribution in [1.82, 2.24) is 15.3 Å². The average molecular weight is 208 g/mol. The van der Waals surface area contributed by atoms with Gasteiger partial charge in [0.2, 0.25) is 0 Å². The van der Waals surface area contributed by atoms with E-state index in [1.165, 1.54) is 6.33 Å². The first-order valence-electron chi connectivity index (χ1n) is 5.21. The van der Waals surface area contributed by atoms with Gasteiger partial charge >= 0.3 is 0 Å². The summed E-state index contributed by atoms with van der Waals surface area (Å²) in [4.78, 5) is 7.73. The minimum absolute atomic E-state index is 0.324. The lowest BCUT2D eigenvalue weighted by molar-refractivity contribution is 0.601. The van der Waals surface area contributed by atoms with Crippen molar-refractivity contribution in [3.05, 3.63) is 17.8 Å². The van der Waals surface area contributed by atoms with Crippen LogP contribution in [0.4, 0.5) is 10.2 Å². The van der Waals surface area contributed by atoms with Gasteiger partial charge in [-0.15, -0.1) is 0 Å². The van der Waals surface area contributed by atoms with Gasteiger partial charge in [-0.3, -0.25) is 0 Å². The zero-order valence-electron chi connectivity index (χ0n) is 8.50. The van der Waals surface area contributed by atoms with Gasteiger partial charge in [0.1, 0.15) is 6.33 Å². The Balaban J connectivity index is 1.75. The lowest BCUT2D eigenvalue weighted by Gasteiger charge is -2.09. The number of aryl methyl sites for hydroxylation is 1. The van der Waals surface area contributed by atoms with Gasteiger partial charge in [-0.2, -0.15) is 0 Å². The molecule has 1 aromatic rings. The highest BCUT2D eigenvalue weighted by Gasteiger charge is 2.53. The number of hydrogen-bond acceptors (Lipinski definition) is 4. The largest absolute Gasteiger partial charge is 0.364 e. The zero-order chi connectivity index (χ0) is 10.4. The minimum Gasteiger partial charge on any atom is -0.364 e. The number of rotatable bonds is 2. The molecule has 15 heavy (non-hydrogen) atoms. The van der Waals surface area contributed by atoms with Crippen LogP contribution in [0.5, 0.6) is 0 Å². The monoisotopic (exact) mass is 208 g/mol. The molecule has 4 nitrogen and oxygen atoms in total.